The molecular weight excluding hydrogens is 283 g/mol. The van der Waals surface area contributed by atoms with E-state index in [9.17, 15) is 0 Å². The van der Waals surface area contributed by atoms with Gasteiger partial charge in [0.05, 0.1) is 0 Å². The second-order valence-electron chi connectivity index (χ2n) is 1.40. The van der Waals surface area contributed by atoms with Crippen LogP contribution in [0.3, 0.4) is 0 Å². The Balaban J connectivity index is 2.66. The molecule has 0 saturated heterocycles. The van der Waals surface area contributed by atoms with Crippen LogP contribution in [0.4, 0.5) is 0 Å². The van der Waals surface area contributed by atoms with Crippen molar-refractivity contribution in [3.63, 3.8) is 0 Å². The van der Waals surface area contributed by atoms with Gasteiger partial charge in [0.2, 0.25) is 0 Å². The van der Waals surface area contributed by atoms with Crippen molar-refractivity contribution in [3.05, 3.63) is 24.3 Å². The quantitative estimate of drug-likeness (QED) is 0.591. The van der Waals surface area contributed by atoms with Crippen LogP contribution in [0.5, 0.6) is 0 Å². The predicted octanol–water partition coefficient (Wildman–Crippen LogP) is 1.06. The van der Waals surface area contributed by atoms with Crippen LogP contribution in [0.1, 0.15) is 0 Å². The van der Waals surface area contributed by atoms with Crippen LogP contribution in [-0.4, -0.2) is 10.5 Å². The van der Waals surface area contributed by atoms with E-state index in [2.05, 4.69) is 26.1 Å². The molecule has 1 aliphatic rings. The van der Waals surface area contributed by atoms with Crippen LogP contribution >= 0.6 is 0 Å². The van der Waals surface area contributed by atoms with Gasteiger partial charge >= 0.3 is 60.8 Å². The summed E-state index contributed by atoms with van der Waals surface area (Å²) in [6, 6.07) is 0. The number of aliphatic imine (C=N–C) groups is 1. The minimum absolute atomic E-state index is 0.296. The van der Waals surface area contributed by atoms with Crippen molar-refractivity contribution >= 4 is 6.21 Å². The van der Waals surface area contributed by atoms with Crippen molar-refractivity contribution in [3.8, 4) is 0 Å². The molecule has 1 rings (SSSR count). The monoisotopic (exact) mass is 289 g/mol. The Bertz CT molecular complexity index is 131. The predicted molar refractivity (Wildman–Crippen MR) is 30.6 cm³/mol. The first-order valence-electron chi connectivity index (χ1n) is 2.36. The van der Waals surface area contributed by atoms with Crippen LogP contribution in [0.2, 0.25) is 0 Å². The number of hydrogen-bond donors (Lipinski definition) is 0. The molecule has 1 unspecified atom stereocenters. The van der Waals surface area contributed by atoms with Gasteiger partial charge in [0, 0.05) is 0 Å². The molecule has 0 N–H and O–H groups in total. The van der Waals surface area contributed by atoms with Crippen LogP contribution < -0.4 is 0 Å². The zero-order chi connectivity index (χ0) is 5.82. The molecule has 1 atom stereocenters. The van der Waals surface area contributed by atoms with Gasteiger partial charge in [-0.05, 0) is 0 Å². The Morgan fingerprint density at radius 1 is 1.25 bits per heavy atom. The molecule has 1 heterocycles. The van der Waals surface area contributed by atoms with Gasteiger partial charge in [0.15, 0.2) is 0 Å². The summed E-state index contributed by atoms with van der Waals surface area (Å²) in [5.74, 6) is 0. The van der Waals surface area contributed by atoms with Crippen molar-refractivity contribution in [2.24, 2.45) is 4.99 Å². The molecular formula is C6H6AuN. The van der Waals surface area contributed by atoms with Gasteiger partial charge in [-0.15, -0.1) is 0 Å². The summed E-state index contributed by atoms with van der Waals surface area (Å²) in [4.78, 5) is 4.10. The molecule has 1 aliphatic heterocycles. The second kappa shape index (κ2) is 3.02. The van der Waals surface area contributed by atoms with Gasteiger partial charge in [-0.2, -0.15) is 0 Å². The maximum absolute atomic E-state index is 4.10. The number of hydrogen-bond acceptors (Lipinski definition) is 1. The molecule has 0 fully saturated rings. The summed E-state index contributed by atoms with van der Waals surface area (Å²) < 4.78 is 0.296. The first kappa shape index (κ1) is 6.02. The topological polar surface area (TPSA) is 12.4 Å². The van der Waals surface area contributed by atoms with Crippen molar-refractivity contribution < 1.29 is 21.1 Å². The van der Waals surface area contributed by atoms with Crippen LogP contribution in [0.15, 0.2) is 29.3 Å². The van der Waals surface area contributed by atoms with Crippen LogP contribution in [0, 0.1) is 0 Å². The first-order valence-corrected chi connectivity index (χ1v) is 3.61. The fraction of sp³-hybridized carbons (Fsp3) is 0.167. The summed E-state index contributed by atoms with van der Waals surface area (Å²) in [5, 5.41) is 0. The summed E-state index contributed by atoms with van der Waals surface area (Å²) in [7, 11) is 0. The minimum atomic E-state index is 0.296. The molecule has 8 heavy (non-hydrogen) atoms. The van der Waals surface area contributed by atoms with E-state index in [4.69, 9.17) is 0 Å². The van der Waals surface area contributed by atoms with Gasteiger partial charge in [-0.3, -0.25) is 0 Å². The second-order valence-corrected chi connectivity index (χ2v) is 2.68. The first-order chi connectivity index (χ1) is 3.89. The van der Waals surface area contributed by atoms with E-state index in [-0.39, 0.29) is 0 Å². The fourth-order valence-electron chi connectivity index (χ4n) is 0.436. The molecule has 0 bridgehead atoms. The molecule has 2 heteroatoms. The SMILES string of the molecule is [Au][CH]1C=CC=CC=N1. The Morgan fingerprint density at radius 3 is 3.00 bits per heavy atom. The molecule has 0 radical (unpaired) electrons. The molecule has 0 aromatic rings. The van der Waals surface area contributed by atoms with E-state index in [1.807, 2.05) is 30.5 Å². The normalized spacial score (nSPS) is 26.0. The van der Waals surface area contributed by atoms with Gasteiger partial charge < -0.3 is 0 Å². The molecule has 1 nitrogen and oxygen atoms in total. The Labute approximate surface area is 61.1 Å². The molecule has 0 aromatic heterocycles. The van der Waals surface area contributed by atoms with E-state index in [0.29, 0.717) is 4.26 Å². The summed E-state index contributed by atoms with van der Waals surface area (Å²) in [6.45, 7) is 0. The molecule has 46 valence electrons. The third-order valence-corrected chi connectivity index (χ3v) is 1.52. The molecule has 0 saturated carbocycles. The van der Waals surface area contributed by atoms with Gasteiger partial charge in [0.25, 0.3) is 0 Å². The number of allylic oxidation sites excluding steroid dienone is 3. The van der Waals surface area contributed by atoms with Crippen molar-refractivity contribution in [1.29, 1.82) is 0 Å². The summed E-state index contributed by atoms with van der Waals surface area (Å²) in [5.41, 5.74) is 0. The molecule has 0 spiro atoms. The van der Waals surface area contributed by atoms with Crippen LogP contribution in [-0.2, 0) is 21.1 Å². The van der Waals surface area contributed by atoms with Crippen molar-refractivity contribution in [2.75, 3.05) is 0 Å². The summed E-state index contributed by atoms with van der Waals surface area (Å²) >= 11 is 2.43. The Kier molecular flexibility index (Phi) is 2.27. The van der Waals surface area contributed by atoms with E-state index in [1.54, 1.807) is 0 Å². The molecule has 0 aromatic carbocycles. The molecule has 0 amide bonds. The fourth-order valence-corrected chi connectivity index (χ4v) is 0.863. The summed E-state index contributed by atoms with van der Waals surface area (Å²) in [6.07, 6.45) is 9.73. The number of rotatable bonds is 0. The van der Waals surface area contributed by atoms with Crippen LogP contribution in [0.25, 0.3) is 0 Å². The van der Waals surface area contributed by atoms with Crippen molar-refractivity contribution in [1.82, 2.24) is 0 Å². The van der Waals surface area contributed by atoms with E-state index in [1.165, 1.54) is 0 Å². The Morgan fingerprint density at radius 2 is 2.12 bits per heavy atom. The third-order valence-electron chi connectivity index (χ3n) is 0.781. The molecule has 0 aliphatic carbocycles. The van der Waals surface area contributed by atoms with Gasteiger partial charge in [-0.25, -0.2) is 0 Å². The van der Waals surface area contributed by atoms with E-state index in [0.717, 1.165) is 0 Å². The standard InChI is InChI=1S/C6H6N.Au/c1-2-4-6-7-5-3-1;/h1-6H;. The van der Waals surface area contributed by atoms with E-state index >= 15 is 0 Å². The van der Waals surface area contributed by atoms with Gasteiger partial charge in [-0.1, -0.05) is 0 Å². The zero-order valence-electron chi connectivity index (χ0n) is 4.21. The van der Waals surface area contributed by atoms with Crippen molar-refractivity contribution in [2.45, 2.75) is 4.26 Å². The average Bonchev–Trinajstić information content (AvgIpc) is 1.94. The maximum atomic E-state index is 4.10. The van der Waals surface area contributed by atoms with E-state index < -0.39 is 0 Å². The average molecular weight is 289 g/mol. The Hall–Kier alpha value is -0.110. The number of nitrogens with zero attached hydrogens (tertiary/aromatic N) is 1. The third kappa shape index (κ3) is 1.78. The van der Waals surface area contributed by atoms with Gasteiger partial charge in [0.1, 0.15) is 0 Å². The zero-order valence-corrected chi connectivity index (χ0v) is 6.38.